The van der Waals surface area contributed by atoms with Gasteiger partial charge in [0.15, 0.2) is 0 Å². The van der Waals surface area contributed by atoms with Gasteiger partial charge in [0, 0.05) is 0 Å². The second-order valence-electron chi connectivity index (χ2n) is 2.34. The molecule has 0 aliphatic carbocycles. The van der Waals surface area contributed by atoms with Crippen molar-refractivity contribution < 1.29 is 0 Å². The van der Waals surface area contributed by atoms with E-state index >= 15 is 0 Å². The van der Waals surface area contributed by atoms with Crippen LogP contribution >= 0.6 is 0 Å². The maximum atomic E-state index is 3.14. The van der Waals surface area contributed by atoms with Crippen LogP contribution in [0.3, 0.4) is 0 Å². The van der Waals surface area contributed by atoms with Gasteiger partial charge < -0.3 is 5.32 Å². The summed E-state index contributed by atoms with van der Waals surface area (Å²) in [5.41, 5.74) is 0. The highest BCUT2D eigenvalue weighted by molar-refractivity contribution is 6.52. The maximum Gasteiger partial charge on any atom is -0.00490 e. The van der Waals surface area contributed by atoms with Crippen molar-refractivity contribution >= 4 is 14.3 Å². The summed E-state index contributed by atoms with van der Waals surface area (Å²) in [6, 6.07) is 0. The lowest BCUT2D eigenvalue weighted by molar-refractivity contribution is 0.748. The number of nitrogens with one attached hydrogen (secondary N) is 1. The third-order valence-corrected chi connectivity index (χ3v) is 2.76. The second-order valence-corrected chi connectivity index (χ2v) is 3.91. The van der Waals surface area contributed by atoms with E-state index in [1.54, 1.807) is 5.17 Å². The van der Waals surface area contributed by atoms with Crippen molar-refractivity contribution in [2.45, 2.75) is 26.3 Å². The number of hydrogen-bond donors (Lipinski definition) is 1. The van der Waals surface area contributed by atoms with Gasteiger partial charge in [-0.25, -0.2) is 0 Å². The average Bonchev–Trinajstić information content (AvgIpc) is 1.89. The molecular weight excluding hydrogens is 126 g/mol. The van der Waals surface area contributed by atoms with Gasteiger partial charge in [-0.1, -0.05) is 11.7 Å². The summed E-state index contributed by atoms with van der Waals surface area (Å²) in [5.74, 6) is 0. The van der Waals surface area contributed by atoms with E-state index in [4.69, 9.17) is 0 Å². The smallest absolute Gasteiger partial charge is 0.00490 e. The van der Waals surface area contributed by atoms with Gasteiger partial charge in [-0.15, -0.1) is 0 Å². The molecular formula is C7H17NSi. The first-order valence-electron chi connectivity index (χ1n) is 3.57. The largest absolute Gasteiger partial charge is 0.320 e. The Hall–Kier alpha value is 0.0469. The molecule has 0 bridgehead atoms. The van der Waals surface area contributed by atoms with E-state index < -0.39 is 0 Å². The third-order valence-electron chi connectivity index (χ3n) is 1.49. The molecule has 0 aromatic carbocycles. The minimum atomic E-state index is 0.615. The van der Waals surface area contributed by atoms with E-state index in [1.807, 2.05) is 7.05 Å². The monoisotopic (exact) mass is 143 g/mol. The van der Waals surface area contributed by atoms with E-state index in [2.05, 4.69) is 18.8 Å². The van der Waals surface area contributed by atoms with Gasteiger partial charge in [0.1, 0.15) is 0 Å². The van der Waals surface area contributed by atoms with Crippen molar-refractivity contribution in [2.24, 2.45) is 0 Å². The first-order valence-corrected chi connectivity index (χ1v) is 5.31. The second kappa shape index (κ2) is 6.17. The van der Waals surface area contributed by atoms with E-state index in [1.165, 1.54) is 12.8 Å². The molecule has 0 rings (SSSR count). The van der Waals surface area contributed by atoms with Crippen molar-refractivity contribution in [1.29, 1.82) is 0 Å². The lowest BCUT2D eigenvalue weighted by atomic mass is 10.2. The predicted octanol–water partition coefficient (Wildman–Crippen LogP) is 0.663. The van der Waals surface area contributed by atoms with Crippen LogP contribution in [0, 0.1) is 0 Å². The first kappa shape index (κ1) is 9.05. The van der Waals surface area contributed by atoms with Crippen molar-refractivity contribution in [3.8, 4) is 0 Å². The lowest BCUT2D eigenvalue weighted by Gasteiger charge is -1.98. The van der Waals surface area contributed by atoms with Gasteiger partial charge in [-0.2, -0.15) is 0 Å². The predicted molar refractivity (Wildman–Crippen MR) is 46.9 cm³/mol. The summed E-state index contributed by atoms with van der Waals surface area (Å²) in [5, 5.41) is 4.84. The summed E-state index contributed by atoms with van der Waals surface area (Å²) in [6.45, 7) is 5.73. The Kier molecular flexibility index (Phi) is 6.20. The average molecular weight is 143 g/mol. The zero-order valence-corrected chi connectivity index (χ0v) is 7.85. The van der Waals surface area contributed by atoms with Crippen molar-refractivity contribution in [3.05, 3.63) is 0 Å². The quantitative estimate of drug-likeness (QED) is 0.450. The van der Waals surface area contributed by atoms with Crippen LogP contribution in [-0.2, 0) is 0 Å². The minimum absolute atomic E-state index is 0.615. The van der Waals surface area contributed by atoms with Gasteiger partial charge in [0.25, 0.3) is 0 Å². The molecule has 0 aromatic rings. The van der Waals surface area contributed by atoms with E-state index in [-0.39, 0.29) is 0 Å². The third kappa shape index (κ3) is 5.93. The van der Waals surface area contributed by atoms with Crippen LogP contribution in [0.1, 0.15) is 19.8 Å². The molecule has 0 spiro atoms. The molecule has 0 saturated carbocycles. The molecule has 0 atom stereocenters. The molecule has 54 valence electrons. The van der Waals surface area contributed by atoms with Crippen molar-refractivity contribution in [3.63, 3.8) is 0 Å². The van der Waals surface area contributed by atoms with Gasteiger partial charge in [0.05, 0.1) is 0 Å². The summed E-state index contributed by atoms with van der Waals surface area (Å²) >= 11 is 0. The highest BCUT2D eigenvalue weighted by atomic mass is 28.2. The molecule has 0 radical (unpaired) electrons. The fraction of sp³-hybridized carbons (Fsp3) is 0.857. The van der Waals surface area contributed by atoms with Crippen LogP contribution in [-0.4, -0.2) is 27.9 Å². The highest BCUT2D eigenvalue weighted by Crippen LogP contribution is 1.87. The normalized spacial score (nSPS) is 12.1. The van der Waals surface area contributed by atoms with E-state index in [0.717, 1.165) is 6.54 Å². The molecule has 0 amide bonds. The molecule has 0 saturated heterocycles. The van der Waals surface area contributed by atoms with Crippen LogP contribution < -0.4 is 5.32 Å². The van der Waals surface area contributed by atoms with Gasteiger partial charge >= 0.3 is 0 Å². The van der Waals surface area contributed by atoms with Crippen LogP contribution in [0.25, 0.3) is 0 Å². The van der Waals surface area contributed by atoms with Crippen LogP contribution in [0.2, 0.25) is 6.55 Å². The topological polar surface area (TPSA) is 12.0 Å². The van der Waals surface area contributed by atoms with Gasteiger partial charge in [-0.05, 0) is 42.5 Å². The Balaban J connectivity index is 3.07. The van der Waals surface area contributed by atoms with Gasteiger partial charge in [-0.3, -0.25) is 0 Å². The standard InChI is InChI=1S/C7H17NSi/c1-7(9-3)5-4-6-8-2/h8-9H,4-6H2,1-3H3. The molecule has 2 heteroatoms. The minimum Gasteiger partial charge on any atom is -0.320 e. The molecule has 1 nitrogen and oxygen atoms in total. The lowest BCUT2D eigenvalue weighted by Crippen LogP contribution is -2.09. The Labute approximate surface area is 60.3 Å². The van der Waals surface area contributed by atoms with Crippen molar-refractivity contribution in [2.75, 3.05) is 13.6 Å². The molecule has 0 unspecified atom stereocenters. The van der Waals surface area contributed by atoms with Crippen LogP contribution in [0.5, 0.6) is 0 Å². The molecule has 0 aliphatic rings. The fourth-order valence-electron chi connectivity index (χ4n) is 0.688. The zero-order valence-electron chi connectivity index (χ0n) is 6.70. The first-order chi connectivity index (χ1) is 4.31. The summed E-state index contributed by atoms with van der Waals surface area (Å²) in [4.78, 5) is 0. The van der Waals surface area contributed by atoms with E-state index in [0.29, 0.717) is 9.13 Å². The molecule has 0 aromatic heterocycles. The fourth-order valence-corrected chi connectivity index (χ4v) is 1.18. The summed E-state index contributed by atoms with van der Waals surface area (Å²) < 4.78 is 0. The van der Waals surface area contributed by atoms with E-state index in [9.17, 15) is 0 Å². The van der Waals surface area contributed by atoms with Crippen LogP contribution in [0.4, 0.5) is 0 Å². The summed E-state index contributed by atoms with van der Waals surface area (Å²) in [6.07, 6.45) is 2.63. The molecule has 0 heterocycles. The molecule has 0 aliphatic heterocycles. The zero-order chi connectivity index (χ0) is 7.11. The number of hydrogen-bond acceptors (Lipinski definition) is 1. The van der Waals surface area contributed by atoms with Gasteiger partial charge in [0.2, 0.25) is 0 Å². The van der Waals surface area contributed by atoms with Crippen LogP contribution in [0.15, 0.2) is 0 Å². The summed E-state index contributed by atoms with van der Waals surface area (Å²) in [7, 11) is 2.62. The Morgan fingerprint density at radius 3 is 2.67 bits per heavy atom. The Bertz CT molecular complexity index is 88.9. The SMILES string of the molecule is CNCCCC(C)=[SiH]C. The maximum absolute atomic E-state index is 3.14. The Morgan fingerprint density at radius 2 is 2.22 bits per heavy atom. The Morgan fingerprint density at radius 1 is 1.56 bits per heavy atom. The molecule has 0 fully saturated rings. The van der Waals surface area contributed by atoms with Crippen molar-refractivity contribution in [1.82, 2.24) is 5.32 Å². The number of rotatable bonds is 4. The highest BCUT2D eigenvalue weighted by Gasteiger charge is 1.85. The molecule has 1 N–H and O–H groups in total. The molecule has 9 heavy (non-hydrogen) atoms.